The number of hydrogen-bond acceptors (Lipinski definition) is 2. The quantitative estimate of drug-likeness (QED) is 0.909. The van der Waals surface area contributed by atoms with Crippen LogP contribution in [0.3, 0.4) is 0 Å². The Morgan fingerprint density at radius 3 is 2.48 bits per heavy atom. The zero-order valence-electron chi connectivity index (χ0n) is 13.0. The molecule has 0 aliphatic carbocycles. The van der Waals surface area contributed by atoms with Gasteiger partial charge in [-0.05, 0) is 43.4 Å². The van der Waals surface area contributed by atoms with Gasteiger partial charge in [0.1, 0.15) is 0 Å². The van der Waals surface area contributed by atoms with Gasteiger partial charge in [-0.1, -0.05) is 12.1 Å². The predicted molar refractivity (Wildman–Crippen MR) is 85.3 cm³/mol. The molecule has 3 nitrogen and oxygen atoms in total. The Morgan fingerprint density at radius 1 is 1.35 bits per heavy atom. The van der Waals surface area contributed by atoms with Gasteiger partial charge in [-0.3, -0.25) is 4.79 Å². The molecule has 7 heteroatoms. The Hall–Kier alpha value is -1.27. The van der Waals surface area contributed by atoms with Crippen LogP contribution in [0.2, 0.25) is 0 Å². The van der Waals surface area contributed by atoms with E-state index >= 15 is 0 Å². The minimum Gasteiger partial charge on any atom is -0.342 e. The summed E-state index contributed by atoms with van der Waals surface area (Å²) in [5.74, 6) is 0.246. The van der Waals surface area contributed by atoms with E-state index < -0.39 is 11.7 Å². The van der Waals surface area contributed by atoms with Gasteiger partial charge in [-0.2, -0.15) is 13.2 Å². The molecule has 1 aliphatic rings. The minimum absolute atomic E-state index is 0. The summed E-state index contributed by atoms with van der Waals surface area (Å²) in [5.41, 5.74) is 5.80. The average Bonchev–Trinajstić information content (AvgIpc) is 2.47. The average molecular weight is 351 g/mol. The molecule has 23 heavy (non-hydrogen) atoms. The second kappa shape index (κ2) is 8.02. The number of nitrogens with zero attached hydrogens (tertiary/aromatic N) is 1. The highest BCUT2D eigenvalue weighted by atomic mass is 35.5. The molecule has 1 aromatic rings. The summed E-state index contributed by atoms with van der Waals surface area (Å²) in [5, 5.41) is 0. The molecule has 2 unspecified atom stereocenters. The molecule has 1 amide bonds. The van der Waals surface area contributed by atoms with E-state index in [1.165, 1.54) is 12.1 Å². The summed E-state index contributed by atoms with van der Waals surface area (Å²) in [4.78, 5) is 14.1. The standard InChI is InChI=1S/C16H21F3N2O.ClH/c1-11(20)13-3-2-8-21(10-13)15(22)9-12-4-6-14(7-5-12)16(17,18)19;/h4-7,11,13H,2-3,8-10,20H2,1H3;1H. The van der Waals surface area contributed by atoms with Crippen molar-refractivity contribution < 1.29 is 18.0 Å². The molecule has 2 N–H and O–H groups in total. The summed E-state index contributed by atoms with van der Waals surface area (Å²) in [6.45, 7) is 3.27. The maximum absolute atomic E-state index is 12.5. The largest absolute Gasteiger partial charge is 0.416 e. The van der Waals surface area contributed by atoms with E-state index in [4.69, 9.17) is 5.73 Å². The number of amides is 1. The molecule has 0 aromatic heterocycles. The van der Waals surface area contributed by atoms with E-state index in [9.17, 15) is 18.0 Å². The minimum atomic E-state index is -4.35. The first-order valence-corrected chi connectivity index (χ1v) is 7.47. The summed E-state index contributed by atoms with van der Waals surface area (Å²) in [6, 6.07) is 4.82. The number of benzene rings is 1. The first-order valence-electron chi connectivity index (χ1n) is 7.47. The highest BCUT2D eigenvalue weighted by Gasteiger charge is 2.30. The molecular weight excluding hydrogens is 329 g/mol. The van der Waals surface area contributed by atoms with Crippen LogP contribution in [-0.4, -0.2) is 29.9 Å². The van der Waals surface area contributed by atoms with E-state index in [2.05, 4.69) is 0 Å². The van der Waals surface area contributed by atoms with Gasteiger partial charge in [0.05, 0.1) is 12.0 Å². The van der Waals surface area contributed by atoms with E-state index in [-0.39, 0.29) is 30.8 Å². The zero-order valence-corrected chi connectivity index (χ0v) is 13.8. The Bertz CT molecular complexity index is 517. The van der Waals surface area contributed by atoms with Gasteiger partial charge in [0.15, 0.2) is 0 Å². The third-order valence-corrected chi connectivity index (χ3v) is 4.19. The molecule has 1 fully saturated rings. The maximum Gasteiger partial charge on any atom is 0.416 e. The number of carbonyl (C=O) groups is 1. The van der Waals surface area contributed by atoms with Crippen molar-refractivity contribution in [3.05, 3.63) is 35.4 Å². The second-order valence-electron chi connectivity index (χ2n) is 5.97. The van der Waals surface area contributed by atoms with Crippen LogP contribution in [0.5, 0.6) is 0 Å². The Balaban J connectivity index is 0.00000264. The van der Waals surface area contributed by atoms with E-state index in [1.807, 2.05) is 6.92 Å². The van der Waals surface area contributed by atoms with Crippen molar-refractivity contribution in [1.82, 2.24) is 4.90 Å². The topological polar surface area (TPSA) is 46.3 Å². The molecule has 1 aromatic carbocycles. The SMILES string of the molecule is CC(N)C1CCCN(C(=O)Cc2ccc(C(F)(F)F)cc2)C1.Cl. The molecule has 0 spiro atoms. The van der Waals surface area contributed by atoms with Crippen molar-refractivity contribution in [2.45, 2.75) is 38.4 Å². The lowest BCUT2D eigenvalue weighted by Crippen LogP contribution is -2.45. The molecule has 130 valence electrons. The van der Waals surface area contributed by atoms with Gasteiger partial charge in [0.2, 0.25) is 5.91 Å². The number of likely N-dealkylation sites (tertiary alicyclic amines) is 1. The van der Waals surface area contributed by atoms with E-state index in [1.54, 1.807) is 4.90 Å². The lowest BCUT2D eigenvalue weighted by molar-refractivity contribution is -0.137. The van der Waals surface area contributed by atoms with Gasteiger partial charge in [-0.15, -0.1) is 12.4 Å². The Labute approximate surface area is 140 Å². The number of alkyl halides is 3. The monoisotopic (exact) mass is 350 g/mol. The summed E-state index contributed by atoms with van der Waals surface area (Å²) >= 11 is 0. The van der Waals surface area contributed by atoms with Crippen LogP contribution < -0.4 is 5.73 Å². The van der Waals surface area contributed by atoms with Crippen LogP contribution in [-0.2, 0) is 17.4 Å². The van der Waals surface area contributed by atoms with Crippen LogP contribution in [0, 0.1) is 5.92 Å². The number of halogens is 4. The molecule has 0 bridgehead atoms. The predicted octanol–water partition coefficient (Wildman–Crippen LogP) is 3.26. The first kappa shape index (κ1) is 19.8. The lowest BCUT2D eigenvalue weighted by Gasteiger charge is -2.34. The molecule has 0 saturated carbocycles. The van der Waals surface area contributed by atoms with Crippen LogP contribution in [0.15, 0.2) is 24.3 Å². The molecule has 2 atom stereocenters. The van der Waals surface area contributed by atoms with Crippen molar-refractivity contribution in [2.24, 2.45) is 11.7 Å². The maximum atomic E-state index is 12.5. The van der Waals surface area contributed by atoms with Crippen molar-refractivity contribution in [3.63, 3.8) is 0 Å². The molecular formula is C16H22ClF3N2O. The number of piperidine rings is 1. The Morgan fingerprint density at radius 2 is 1.96 bits per heavy atom. The number of hydrogen-bond donors (Lipinski definition) is 1. The van der Waals surface area contributed by atoms with Crippen LogP contribution >= 0.6 is 12.4 Å². The summed E-state index contributed by atoms with van der Waals surface area (Å²) < 4.78 is 37.5. The smallest absolute Gasteiger partial charge is 0.342 e. The lowest BCUT2D eigenvalue weighted by atomic mass is 9.92. The fourth-order valence-corrected chi connectivity index (χ4v) is 2.76. The van der Waals surface area contributed by atoms with Gasteiger partial charge >= 0.3 is 6.18 Å². The highest BCUT2D eigenvalue weighted by Crippen LogP contribution is 2.29. The zero-order chi connectivity index (χ0) is 16.3. The molecule has 0 radical (unpaired) electrons. The van der Waals surface area contributed by atoms with Crippen molar-refractivity contribution >= 4 is 18.3 Å². The molecule has 1 saturated heterocycles. The fourth-order valence-electron chi connectivity index (χ4n) is 2.76. The second-order valence-corrected chi connectivity index (χ2v) is 5.97. The summed E-state index contributed by atoms with van der Waals surface area (Å²) in [6.07, 6.45) is -2.28. The van der Waals surface area contributed by atoms with E-state index in [0.29, 0.717) is 24.6 Å². The molecule has 1 heterocycles. The van der Waals surface area contributed by atoms with Crippen molar-refractivity contribution in [3.8, 4) is 0 Å². The number of nitrogens with two attached hydrogens (primary N) is 1. The number of rotatable bonds is 3. The van der Waals surface area contributed by atoms with Crippen LogP contribution in [0.1, 0.15) is 30.9 Å². The Kier molecular flexibility index (Phi) is 6.89. The van der Waals surface area contributed by atoms with Crippen molar-refractivity contribution in [1.29, 1.82) is 0 Å². The van der Waals surface area contributed by atoms with E-state index in [0.717, 1.165) is 25.0 Å². The number of carbonyl (C=O) groups excluding carboxylic acids is 1. The van der Waals surface area contributed by atoms with Gasteiger partial charge in [-0.25, -0.2) is 0 Å². The third-order valence-electron chi connectivity index (χ3n) is 4.19. The van der Waals surface area contributed by atoms with Crippen molar-refractivity contribution in [2.75, 3.05) is 13.1 Å². The van der Waals surface area contributed by atoms with Gasteiger partial charge in [0.25, 0.3) is 0 Å². The normalized spacial score (nSPS) is 19.9. The molecule has 1 aliphatic heterocycles. The third kappa shape index (κ3) is 5.39. The van der Waals surface area contributed by atoms with Gasteiger partial charge < -0.3 is 10.6 Å². The van der Waals surface area contributed by atoms with Crippen LogP contribution in [0.4, 0.5) is 13.2 Å². The molecule has 2 rings (SSSR count). The summed E-state index contributed by atoms with van der Waals surface area (Å²) in [7, 11) is 0. The van der Waals surface area contributed by atoms with Crippen LogP contribution in [0.25, 0.3) is 0 Å². The fraction of sp³-hybridized carbons (Fsp3) is 0.562. The highest BCUT2D eigenvalue weighted by molar-refractivity contribution is 5.85. The van der Waals surface area contributed by atoms with Gasteiger partial charge in [0, 0.05) is 19.1 Å². The first-order chi connectivity index (χ1) is 10.3.